The first kappa shape index (κ1) is 15.7. The molecule has 1 aromatic carbocycles. The molecule has 0 amide bonds. The molecular formula is C12H12N6O6. The Balaban J connectivity index is 2.18. The molecule has 1 aromatic rings. The van der Waals surface area contributed by atoms with Crippen LogP contribution in [0.3, 0.4) is 0 Å². The number of nitro benzene ring substituents is 3. The van der Waals surface area contributed by atoms with Crippen molar-refractivity contribution >= 4 is 22.7 Å². The Morgan fingerprint density at radius 3 is 2.08 bits per heavy atom. The summed E-state index contributed by atoms with van der Waals surface area (Å²) in [7, 11) is 0. The molecule has 0 saturated heterocycles. The molecule has 0 spiro atoms. The minimum atomic E-state index is -0.904. The molecule has 0 aromatic heterocycles. The van der Waals surface area contributed by atoms with Crippen molar-refractivity contribution in [3.63, 3.8) is 0 Å². The van der Waals surface area contributed by atoms with E-state index in [0.717, 1.165) is 19.3 Å². The average Bonchev–Trinajstić information content (AvgIpc) is 2.97. The molecule has 24 heavy (non-hydrogen) atoms. The Labute approximate surface area is 134 Å². The second-order valence-electron chi connectivity index (χ2n) is 5.57. The van der Waals surface area contributed by atoms with E-state index in [1.807, 2.05) is 0 Å². The standard InChI is InChI=1S/C12H12N6O6/c19-16(20)7-5-10(17(21)22)12(11(6-7)18(23)24)15-9-4-2-1-3-8(9)13-14-15/h5-6,8-9H,1-4H2. The summed E-state index contributed by atoms with van der Waals surface area (Å²) in [5, 5.41) is 42.7. The van der Waals surface area contributed by atoms with E-state index in [4.69, 9.17) is 0 Å². The molecule has 126 valence electrons. The predicted octanol–water partition coefficient (Wildman–Crippen LogP) is 2.91. The van der Waals surface area contributed by atoms with E-state index < -0.39 is 31.8 Å². The van der Waals surface area contributed by atoms with Gasteiger partial charge in [-0.1, -0.05) is 18.1 Å². The summed E-state index contributed by atoms with van der Waals surface area (Å²) in [5.41, 5.74) is -2.51. The number of nitrogens with zero attached hydrogens (tertiary/aromatic N) is 6. The summed E-state index contributed by atoms with van der Waals surface area (Å²) in [6.45, 7) is 0. The average molecular weight is 336 g/mol. The van der Waals surface area contributed by atoms with Gasteiger partial charge in [0.05, 0.1) is 39.0 Å². The van der Waals surface area contributed by atoms with E-state index in [1.54, 1.807) is 0 Å². The number of rotatable bonds is 4. The lowest BCUT2D eigenvalue weighted by Crippen LogP contribution is -2.37. The molecule has 1 fully saturated rings. The van der Waals surface area contributed by atoms with Crippen LogP contribution in [0.5, 0.6) is 0 Å². The van der Waals surface area contributed by atoms with E-state index >= 15 is 0 Å². The van der Waals surface area contributed by atoms with E-state index in [0.29, 0.717) is 18.6 Å². The fraction of sp³-hybridized carbons (Fsp3) is 0.500. The number of nitro groups is 3. The molecule has 2 aliphatic rings. The highest BCUT2D eigenvalue weighted by Crippen LogP contribution is 2.45. The molecule has 0 radical (unpaired) electrons. The van der Waals surface area contributed by atoms with Gasteiger partial charge in [-0.3, -0.25) is 30.3 Å². The summed E-state index contributed by atoms with van der Waals surface area (Å²) in [6, 6.07) is 0.952. The van der Waals surface area contributed by atoms with Gasteiger partial charge in [0.2, 0.25) is 5.69 Å². The third kappa shape index (κ3) is 2.51. The minimum absolute atomic E-state index is 0.173. The van der Waals surface area contributed by atoms with Crippen molar-refractivity contribution in [2.24, 2.45) is 10.3 Å². The molecule has 0 bridgehead atoms. The zero-order valence-corrected chi connectivity index (χ0v) is 12.3. The van der Waals surface area contributed by atoms with Crippen LogP contribution >= 0.6 is 0 Å². The molecule has 12 heteroatoms. The van der Waals surface area contributed by atoms with Crippen LogP contribution in [0.1, 0.15) is 25.7 Å². The minimum Gasteiger partial charge on any atom is -0.258 e. The summed E-state index contributed by atoms with van der Waals surface area (Å²) in [4.78, 5) is 31.0. The maximum atomic E-state index is 11.3. The zero-order chi connectivity index (χ0) is 17.4. The molecule has 1 aliphatic heterocycles. The number of hydrogen-bond donors (Lipinski definition) is 0. The van der Waals surface area contributed by atoms with Crippen molar-refractivity contribution in [2.45, 2.75) is 37.8 Å². The van der Waals surface area contributed by atoms with Gasteiger partial charge in [-0.25, -0.2) is 5.01 Å². The molecular weight excluding hydrogens is 324 g/mol. The highest BCUT2D eigenvalue weighted by atomic mass is 16.6. The quantitative estimate of drug-likeness (QED) is 0.603. The number of hydrogen-bond acceptors (Lipinski definition) is 9. The first-order valence-corrected chi connectivity index (χ1v) is 7.21. The summed E-state index contributed by atoms with van der Waals surface area (Å²) < 4.78 is 0. The fourth-order valence-electron chi connectivity index (χ4n) is 3.12. The topological polar surface area (TPSA) is 157 Å². The van der Waals surface area contributed by atoms with Gasteiger partial charge in [0, 0.05) is 0 Å². The maximum absolute atomic E-state index is 11.3. The van der Waals surface area contributed by atoms with Gasteiger partial charge in [0.1, 0.15) is 0 Å². The molecule has 12 nitrogen and oxygen atoms in total. The molecule has 1 heterocycles. The molecule has 1 aliphatic carbocycles. The van der Waals surface area contributed by atoms with Gasteiger partial charge in [0.25, 0.3) is 5.69 Å². The van der Waals surface area contributed by atoms with E-state index in [-0.39, 0.29) is 17.8 Å². The van der Waals surface area contributed by atoms with Gasteiger partial charge in [-0.05, 0) is 12.8 Å². The lowest BCUT2D eigenvalue weighted by molar-refractivity contribution is -0.402. The monoisotopic (exact) mass is 336 g/mol. The van der Waals surface area contributed by atoms with Crippen molar-refractivity contribution in [1.82, 2.24) is 0 Å². The molecule has 0 N–H and O–H groups in total. The van der Waals surface area contributed by atoms with Crippen LogP contribution in [-0.2, 0) is 0 Å². The second kappa shape index (κ2) is 5.79. The Hall–Kier alpha value is -3.18. The largest absolute Gasteiger partial charge is 0.308 e. The lowest BCUT2D eigenvalue weighted by Gasteiger charge is -2.28. The van der Waals surface area contributed by atoms with E-state index in [9.17, 15) is 30.3 Å². The number of fused-ring (bicyclic) bond motifs is 1. The summed E-state index contributed by atoms with van der Waals surface area (Å²) >= 11 is 0. The predicted molar refractivity (Wildman–Crippen MR) is 79.8 cm³/mol. The van der Waals surface area contributed by atoms with Crippen LogP contribution in [0, 0.1) is 30.3 Å². The molecule has 2 atom stereocenters. The van der Waals surface area contributed by atoms with Crippen molar-refractivity contribution in [2.75, 3.05) is 5.01 Å². The number of benzene rings is 1. The number of anilines is 1. The summed E-state index contributed by atoms with van der Waals surface area (Å²) in [6.07, 6.45) is 3.19. The van der Waals surface area contributed by atoms with Crippen molar-refractivity contribution in [3.05, 3.63) is 42.5 Å². The lowest BCUT2D eigenvalue weighted by atomic mass is 9.90. The van der Waals surface area contributed by atoms with Gasteiger partial charge in [-0.2, -0.15) is 5.11 Å². The molecule has 2 unspecified atom stereocenters. The fourth-order valence-corrected chi connectivity index (χ4v) is 3.12. The maximum Gasteiger partial charge on any atom is 0.308 e. The Bertz CT molecular complexity index is 729. The van der Waals surface area contributed by atoms with E-state index in [2.05, 4.69) is 10.3 Å². The molecule has 3 rings (SSSR count). The zero-order valence-electron chi connectivity index (χ0n) is 12.3. The Morgan fingerprint density at radius 1 is 0.958 bits per heavy atom. The van der Waals surface area contributed by atoms with Crippen LogP contribution < -0.4 is 5.01 Å². The van der Waals surface area contributed by atoms with Crippen LogP contribution in [0.4, 0.5) is 22.7 Å². The van der Waals surface area contributed by atoms with Crippen LogP contribution in [0.15, 0.2) is 22.5 Å². The van der Waals surface area contributed by atoms with Crippen molar-refractivity contribution in [3.8, 4) is 0 Å². The Kier molecular flexibility index (Phi) is 3.79. The van der Waals surface area contributed by atoms with Gasteiger partial charge in [0.15, 0.2) is 0 Å². The smallest absolute Gasteiger partial charge is 0.258 e. The van der Waals surface area contributed by atoms with Crippen molar-refractivity contribution in [1.29, 1.82) is 0 Å². The third-order valence-corrected chi connectivity index (χ3v) is 4.19. The highest BCUT2D eigenvalue weighted by Gasteiger charge is 2.43. The van der Waals surface area contributed by atoms with Crippen LogP contribution in [-0.4, -0.2) is 26.9 Å². The normalized spacial score (nSPS) is 22.2. The Morgan fingerprint density at radius 2 is 1.54 bits per heavy atom. The SMILES string of the molecule is O=[N+]([O-])c1cc([N+](=O)[O-])c(N2N=NC3CCCCC32)c([N+](=O)[O-])c1. The first-order valence-electron chi connectivity index (χ1n) is 7.21. The van der Waals surface area contributed by atoms with Gasteiger partial charge >= 0.3 is 11.4 Å². The molecule has 1 saturated carbocycles. The van der Waals surface area contributed by atoms with Crippen LogP contribution in [0.25, 0.3) is 0 Å². The second-order valence-corrected chi connectivity index (χ2v) is 5.57. The van der Waals surface area contributed by atoms with Crippen molar-refractivity contribution < 1.29 is 14.8 Å². The third-order valence-electron chi connectivity index (χ3n) is 4.19. The highest BCUT2D eigenvalue weighted by molar-refractivity contribution is 5.78. The van der Waals surface area contributed by atoms with E-state index in [1.165, 1.54) is 5.01 Å². The van der Waals surface area contributed by atoms with Crippen LogP contribution in [0.2, 0.25) is 0 Å². The van der Waals surface area contributed by atoms with Gasteiger partial charge in [-0.15, -0.1) is 0 Å². The first-order chi connectivity index (χ1) is 11.4. The summed E-state index contributed by atoms with van der Waals surface area (Å²) in [5.74, 6) is 0. The van der Waals surface area contributed by atoms with Gasteiger partial charge < -0.3 is 0 Å². The number of non-ortho nitro benzene ring substituents is 1.